The van der Waals surface area contributed by atoms with Gasteiger partial charge in [0.15, 0.2) is 12.0 Å². The van der Waals surface area contributed by atoms with Gasteiger partial charge in [-0.3, -0.25) is 4.79 Å². The molecule has 2 N–H and O–H groups in total. The Labute approximate surface area is 137 Å². The first kappa shape index (κ1) is 15.7. The van der Waals surface area contributed by atoms with Crippen LogP contribution in [0.3, 0.4) is 0 Å². The van der Waals surface area contributed by atoms with E-state index in [1.165, 1.54) is 19.2 Å². The third kappa shape index (κ3) is 2.62. The molecule has 24 heavy (non-hydrogen) atoms. The van der Waals surface area contributed by atoms with Crippen LogP contribution in [0.1, 0.15) is 27.6 Å². The molecule has 1 aliphatic heterocycles. The van der Waals surface area contributed by atoms with Crippen LogP contribution in [0, 0.1) is 5.82 Å². The number of carbonyl (C=O) groups excluding carboxylic acids is 2. The molecule has 0 saturated carbocycles. The number of rotatable bonds is 3. The lowest BCUT2D eigenvalue weighted by Gasteiger charge is -2.10. The van der Waals surface area contributed by atoms with E-state index in [0.717, 1.165) is 6.07 Å². The average molecular weight is 327 g/mol. The first-order valence-corrected chi connectivity index (χ1v) is 7.16. The van der Waals surface area contributed by atoms with Crippen LogP contribution in [0.4, 0.5) is 4.39 Å². The molecular formula is C18H14FNO4. The summed E-state index contributed by atoms with van der Waals surface area (Å²) in [6.07, 6.45) is -0.928. The Kier molecular flexibility index (Phi) is 4.04. The van der Waals surface area contributed by atoms with Crippen molar-refractivity contribution in [3.05, 3.63) is 76.9 Å². The maximum atomic E-state index is 14.2. The molecule has 3 rings (SSSR count). The van der Waals surface area contributed by atoms with E-state index < -0.39 is 23.7 Å². The highest BCUT2D eigenvalue weighted by Gasteiger charge is 2.37. The van der Waals surface area contributed by atoms with Crippen LogP contribution in [0.2, 0.25) is 0 Å². The molecule has 0 fully saturated rings. The van der Waals surface area contributed by atoms with E-state index in [2.05, 4.69) is 4.74 Å². The van der Waals surface area contributed by atoms with Crippen molar-refractivity contribution in [3.8, 4) is 0 Å². The van der Waals surface area contributed by atoms with Gasteiger partial charge in [-0.05, 0) is 18.2 Å². The Morgan fingerprint density at radius 1 is 1.21 bits per heavy atom. The number of esters is 1. The number of halogens is 1. The van der Waals surface area contributed by atoms with E-state index in [1.54, 1.807) is 30.3 Å². The molecule has 0 aromatic heterocycles. The molecule has 0 amide bonds. The van der Waals surface area contributed by atoms with Gasteiger partial charge in [0.25, 0.3) is 0 Å². The first-order chi connectivity index (χ1) is 11.5. The summed E-state index contributed by atoms with van der Waals surface area (Å²) in [7, 11) is 1.22. The third-order valence-corrected chi connectivity index (χ3v) is 3.73. The average Bonchev–Trinajstić information content (AvgIpc) is 2.90. The molecule has 6 heteroatoms. The summed E-state index contributed by atoms with van der Waals surface area (Å²) in [5.41, 5.74) is 6.38. The second kappa shape index (κ2) is 6.16. The molecule has 1 heterocycles. The second-order valence-electron chi connectivity index (χ2n) is 5.20. The summed E-state index contributed by atoms with van der Waals surface area (Å²) < 4.78 is 24.3. The molecule has 5 nitrogen and oxygen atoms in total. The van der Waals surface area contributed by atoms with Gasteiger partial charge in [0.05, 0.1) is 18.2 Å². The standard InChI is InChI=1S/C18H14FNO4/c1-23-18(22)11-7-8-13(19)12(9-11)14-15(21)16(24-17(14)20)10-5-3-2-4-6-10/h2-9,16H,20H2,1H3. The molecule has 1 aliphatic rings. The van der Waals surface area contributed by atoms with Crippen molar-refractivity contribution < 1.29 is 23.5 Å². The minimum Gasteiger partial charge on any atom is -0.465 e. The van der Waals surface area contributed by atoms with E-state index in [1.807, 2.05) is 0 Å². The Balaban J connectivity index is 2.02. The summed E-state index contributed by atoms with van der Waals surface area (Å²) in [6, 6.07) is 12.4. The van der Waals surface area contributed by atoms with Crippen LogP contribution in [0.25, 0.3) is 5.57 Å². The maximum absolute atomic E-state index is 14.2. The number of Topliss-reactive ketones (excluding diaryl/α,β-unsaturated/α-hetero) is 1. The number of nitrogens with two attached hydrogens (primary N) is 1. The highest BCUT2D eigenvalue weighted by molar-refractivity contribution is 6.25. The van der Waals surface area contributed by atoms with Gasteiger partial charge >= 0.3 is 5.97 Å². The molecule has 0 saturated heterocycles. The highest BCUT2D eigenvalue weighted by atomic mass is 19.1. The van der Waals surface area contributed by atoms with E-state index in [4.69, 9.17) is 10.5 Å². The van der Waals surface area contributed by atoms with E-state index >= 15 is 0 Å². The number of hydrogen-bond acceptors (Lipinski definition) is 5. The zero-order valence-corrected chi connectivity index (χ0v) is 12.8. The fraction of sp³-hybridized carbons (Fsp3) is 0.111. The monoisotopic (exact) mass is 327 g/mol. The first-order valence-electron chi connectivity index (χ1n) is 7.16. The maximum Gasteiger partial charge on any atom is 0.337 e. The Hall–Kier alpha value is -3.15. The lowest BCUT2D eigenvalue weighted by atomic mass is 9.95. The molecule has 1 atom stereocenters. The van der Waals surface area contributed by atoms with Gasteiger partial charge in [-0.2, -0.15) is 0 Å². The second-order valence-corrected chi connectivity index (χ2v) is 5.20. The summed E-state index contributed by atoms with van der Waals surface area (Å²) in [4.78, 5) is 24.3. The minimum absolute atomic E-state index is 0.0768. The van der Waals surface area contributed by atoms with Gasteiger partial charge in [0.1, 0.15) is 5.82 Å². The number of methoxy groups -OCH3 is 1. The molecule has 122 valence electrons. The summed E-state index contributed by atoms with van der Waals surface area (Å²) in [5.74, 6) is -1.94. The van der Waals surface area contributed by atoms with Gasteiger partial charge in [-0.15, -0.1) is 0 Å². The zero-order valence-electron chi connectivity index (χ0n) is 12.8. The summed E-state index contributed by atoms with van der Waals surface area (Å²) >= 11 is 0. The van der Waals surface area contributed by atoms with Crippen molar-refractivity contribution in [1.82, 2.24) is 0 Å². The van der Waals surface area contributed by atoms with E-state index in [9.17, 15) is 14.0 Å². The van der Waals surface area contributed by atoms with Gasteiger partial charge in [-0.25, -0.2) is 9.18 Å². The Morgan fingerprint density at radius 2 is 1.92 bits per heavy atom. The van der Waals surface area contributed by atoms with Crippen molar-refractivity contribution in [1.29, 1.82) is 0 Å². The Morgan fingerprint density at radius 3 is 2.58 bits per heavy atom. The number of hydrogen-bond donors (Lipinski definition) is 1. The molecule has 2 aromatic carbocycles. The number of ether oxygens (including phenoxy) is 2. The fourth-order valence-corrected chi connectivity index (χ4v) is 2.57. The number of benzene rings is 2. The van der Waals surface area contributed by atoms with Crippen molar-refractivity contribution in [2.75, 3.05) is 7.11 Å². The molecule has 0 aliphatic carbocycles. The minimum atomic E-state index is -0.928. The van der Waals surface area contributed by atoms with Gasteiger partial charge in [0, 0.05) is 11.1 Å². The summed E-state index contributed by atoms with van der Waals surface area (Å²) in [6.45, 7) is 0. The number of ketones is 1. The predicted molar refractivity (Wildman–Crippen MR) is 84.1 cm³/mol. The van der Waals surface area contributed by atoms with Crippen molar-refractivity contribution >= 4 is 17.3 Å². The predicted octanol–water partition coefficient (Wildman–Crippen LogP) is 2.58. The van der Waals surface area contributed by atoms with Crippen LogP contribution in [0.15, 0.2) is 54.4 Å². The van der Waals surface area contributed by atoms with Crippen LogP contribution >= 0.6 is 0 Å². The van der Waals surface area contributed by atoms with Crippen molar-refractivity contribution in [2.45, 2.75) is 6.10 Å². The van der Waals surface area contributed by atoms with Crippen molar-refractivity contribution in [2.24, 2.45) is 5.73 Å². The van der Waals surface area contributed by atoms with Gasteiger partial charge < -0.3 is 15.2 Å². The van der Waals surface area contributed by atoms with Crippen molar-refractivity contribution in [3.63, 3.8) is 0 Å². The zero-order chi connectivity index (χ0) is 17.3. The molecule has 1 unspecified atom stereocenters. The van der Waals surface area contributed by atoms with Gasteiger partial charge in [0.2, 0.25) is 5.78 Å². The normalized spacial score (nSPS) is 16.9. The smallest absolute Gasteiger partial charge is 0.337 e. The fourth-order valence-electron chi connectivity index (χ4n) is 2.57. The van der Waals surface area contributed by atoms with Crippen LogP contribution in [-0.2, 0) is 14.3 Å². The third-order valence-electron chi connectivity index (χ3n) is 3.73. The highest BCUT2D eigenvalue weighted by Crippen LogP contribution is 2.37. The number of carbonyl (C=O) groups is 2. The van der Waals surface area contributed by atoms with Crippen LogP contribution in [-0.4, -0.2) is 18.9 Å². The quantitative estimate of drug-likeness (QED) is 0.877. The largest absolute Gasteiger partial charge is 0.465 e. The lowest BCUT2D eigenvalue weighted by Crippen LogP contribution is -2.11. The molecule has 0 bridgehead atoms. The van der Waals surface area contributed by atoms with E-state index in [-0.39, 0.29) is 22.6 Å². The van der Waals surface area contributed by atoms with E-state index in [0.29, 0.717) is 5.56 Å². The molecule has 2 aromatic rings. The van der Waals surface area contributed by atoms with Crippen LogP contribution < -0.4 is 5.73 Å². The molecular weight excluding hydrogens is 313 g/mol. The summed E-state index contributed by atoms with van der Waals surface area (Å²) in [5, 5.41) is 0. The topological polar surface area (TPSA) is 78.6 Å². The molecule has 0 spiro atoms. The lowest BCUT2D eigenvalue weighted by molar-refractivity contribution is -0.120. The SMILES string of the molecule is COC(=O)c1ccc(F)c(C2=C(N)OC(c3ccccc3)C2=O)c1. The van der Waals surface area contributed by atoms with Gasteiger partial charge in [-0.1, -0.05) is 30.3 Å². The Bertz CT molecular complexity index is 845. The van der Waals surface area contributed by atoms with Crippen LogP contribution in [0.5, 0.6) is 0 Å². The molecule has 0 radical (unpaired) electrons.